The van der Waals surface area contributed by atoms with Gasteiger partial charge in [-0.05, 0) is 58.5 Å². The highest BCUT2D eigenvalue weighted by Gasteiger charge is 2.28. The molecule has 1 unspecified atom stereocenters. The molecule has 2 rings (SSSR count). The molecule has 0 radical (unpaired) electrons. The molecule has 0 aliphatic carbocycles. The van der Waals surface area contributed by atoms with Crippen LogP contribution in [0.2, 0.25) is 0 Å². The average Bonchev–Trinajstić information content (AvgIpc) is 2.75. The number of rotatable bonds is 10. The molecule has 29 heavy (non-hydrogen) atoms. The van der Waals surface area contributed by atoms with Gasteiger partial charge in [-0.2, -0.15) is 0 Å². The summed E-state index contributed by atoms with van der Waals surface area (Å²) in [7, 11) is 1.59. The second-order valence-corrected chi connectivity index (χ2v) is 7.62. The molecular weight excluding hydrogens is 432 g/mol. The van der Waals surface area contributed by atoms with E-state index in [1.807, 2.05) is 55.5 Å². The van der Waals surface area contributed by atoms with Crippen molar-refractivity contribution in [2.24, 2.45) is 0 Å². The molecule has 0 saturated carbocycles. The van der Waals surface area contributed by atoms with Crippen LogP contribution in [0.3, 0.4) is 0 Å². The third-order valence-corrected chi connectivity index (χ3v) is 5.49. The monoisotopic (exact) mass is 460 g/mol. The topological polar surface area (TPSA) is 58.6 Å². The van der Waals surface area contributed by atoms with Crippen LogP contribution in [0, 0.1) is 0 Å². The molecule has 0 bridgehead atoms. The lowest BCUT2D eigenvalue weighted by molar-refractivity contribution is -0.142. The van der Waals surface area contributed by atoms with Gasteiger partial charge in [0.25, 0.3) is 5.91 Å². The maximum absolute atomic E-state index is 13.0. The molecule has 2 amide bonds. The smallest absolute Gasteiger partial charge is 0.261 e. The van der Waals surface area contributed by atoms with Gasteiger partial charge in [0.1, 0.15) is 11.8 Å². The van der Waals surface area contributed by atoms with Crippen LogP contribution in [-0.4, -0.2) is 43.0 Å². The summed E-state index contributed by atoms with van der Waals surface area (Å²) in [4.78, 5) is 27.0. The second-order valence-electron chi connectivity index (χ2n) is 6.77. The molecule has 0 heterocycles. The van der Waals surface area contributed by atoms with Gasteiger partial charge in [-0.15, -0.1) is 0 Å². The first kappa shape index (κ1) is 22.9. The fourth-order valence-corrected chi connectivity index (χ4v) is 3.71. The summed E-state index contributed by atoms with van der Waals surface area (Å²) in [5.41, 5.74) is 2.31. The van der Waals surface area contributed by atoms with Gasteiger partial charge in [0.15, 0.2) is 6.61 Å². The predicted octanol–water partition coefficient (Wildman–Crippen LogP) is 3.99. The zero-order chi connectivity index (χ0) is 21.2. The van der Waals surface area contributed by atoms with Gasteiger partial charge in [0, 0.05) is 13.6 Å². The zero-order valence-electron chi connectivity index (χ0n) is 17.3. The minimum Gasteiger partial charge on any atom is -0.483 e. The van der Waals surface area contributed by atoms with Crippen molar-refractivity contribution in [2.75, 3.05) is 20.2 Å². The van der Waals surface area contributed by atoms with Crippen LogP contribution in [0.15, 0.2) is 53.0 Å². The van der Waals surface area contributed by atoms with E-state index in [1.54, 1.807) is 11.9 Å². The van der Waals surface area contributed by atoms with E-state index in [9.17, 15) is 9.59 Å². The zero-order valence-corrected chi connectivity index (χ0v) is 18.9. The van der Waals surface area contributed by atoms with E-state index in [2.05, 4.69) is 28.2 Å². The van der Waals surface area contributed by atoms with Crippen molar-refractivity contribution in [3.05, 3.63) is 64.1 Å². The molecule has 0 spiro atoms. The Labute approximate surface area is 181 Å². The molecule has 0 fully saturated rings. The summed E-state index contributed by atoms with van der Waals surface area (Å²) in [6, 6.07) is 15.3. The number of likely N-dealkylation sites (N-methyl/N-ethyl adjacent to an activating group) is 1. The van der Waals surface area contributed by atoms with E-state index in [4.69, 9.17) is 4.74 Å². The Morgan fingerprint density at radius 2 is 1.83 bits per heavy atom. The minimum atomic E-state index is -0.522. The number of halogens is 1. The summed E-state index contributed by atoms with van der Waals surface area (Å²) in [6.07, 6.45) is 2.14. The highest BCUT2D eigenvalue weighted by molar-refractivity contribution is 9.10. The molecule has 2 aromatic rings. The van der Waals surface area contributed by atoms with Crippen LogP contribution >= 0.6 is 15.9 Å². The van der Waals surface area contributed by atoms with Crippen LogP contribution in [0.25, 0.3) is 0 Å². The van der Waals surface area contributed by atoms with Crippen LogP contribution in [0.5, 0.6) is 5.75 Å². The Kier molecular flexibility index (Phi) is 9.19. The molecule has 6 heteroatoms. The van der Waals surface area contributed by atoms with Crippen molar-refractivity contribution < 1.29 is 14.3 Å². The highest BCUT2D eigenvalue weighted by Crippen LogP contribution is 2.26. The van der Waals surface area contributed by atoms with E-state index in [1.165, 1.54) is 5.56 Å². The van der Waals surface area contributed by atoms with Crippen LogP contribution in [0.4, 0.5) is 0 Å². The number of hydrogen-bond donors (Lipinski definition) is 1. The number of carbonyl (C=O) groups is 2. The number of ether oxygens (including phenoxy) is 1. The van der Waals surface area contributed by atoms with Gasteiger partial charge in [-0.1, -0.05) is 50.2 Å². The van der Waals surface area contributed by atoms with Crippen LogP contribution in [-0.2, 0) is 22.4 Å². The first-order valence-electron chi connectivity index (χ1n) is 9.96. The molecule has 2 aromatic carbocycles. The maximum Gasteiger partial charge on any atom is 0.261 e. The standard InChI is InChI=1S/C23H29BrN2O3/c1-4-17-11-12-21(19(24)15-17)29-16-22(27)26(20(5-2)23(28)25-3)14-13-18-9-7-6-8-10-18/h6-12,15,20H,4-5,13-14,16H2,1-3H3,(H,25,28). The normalized spacial score (nSPS) is 11.6. The Balaban J connectivity index is 2.11. The van der Waals surface area contributed by atoms with Crippen LogP contribution < -0.4 is 10.1 Å². The molecule has 0 aromatic heterocycles. The van der Waals surface area contributed by atoms with Crippen molar-refractivity contribution in [1.82, 2.24) is 10.2 Å². The summed E-state index contributed by atoms with van der Waals surface area (Å²) in [5.74, 6) is 0.247. The van der Waals surface area contributed by atoms with E-state index >= 15 is 0 Å². The first-order chi connectivity index (χ1) is 14.0. The lowest BCUT2D eigenvalue weighted by Crippen LogP contribution is -2.50. The van der Waals surface area contributed by atoms with E-state index in [-0.39, 0.29) is 18.4 Å². The van der Waals surface area contributed by atoms with E-state index in [0.717, 1.165) is 16.5 Å². The van der Waals surface area contributed by atoms with Gasteiger partial charge < -0.3 is 15.0 Å². The summed E-state index contributed by atoms with van der Waals surface area (Å²) in [5, 5.41) is 2.66. The number of benzene rings is 2. The van der Waals surface area contributed by atoms with Gasteiger partial charge >= 0.3 is 0 Å². The van der Waals surface area contributed by atoms with Crippen LogP contribution in [0.1, 0.15) is 31.4 Å². The maximum atomic E-state index is 13.0. The molecule has 1 atom stereocenters. The molecule has 0 saturated heterocycles. The minimum absolute atomic E-state index is 0.119. The molecule has 5 nitrogen and oxygen atoms in total. The van der Waals surface area contributed by atoms with Gasteiger partial charge in [-0.3, -0.25) is 9.59 Å². The Hall–Kier alpha value is -2.34. The molecule has 0 aliphatic heterocycles. The predicted molar refractivity (Wildman–Crippen MR) is 119 cm³/mol. The number of hydrogen-bond acceptors (Lipinski definition) is 3. The summed E-state index contributed by atoms with van der Waals surface area (Å²) < 4.78 is 6.59. The second kappa shape index (κ2) is 11.6. The van der Waals surface area contributed by atoms with Crippen molar-refractivity contribution in [3.63, 3.8) is 0 Å². The highest BCUT2D eigenvalue weighted by atomic mass is 79.9. The number of nitrogens with one attached hydrogen (secondary N) is 1. The molecule has 1 N–H and O–H groups in total. The molecular formula is C23H29BrN2O3. The SMILES string of the molecule is CCc1ccc(OCC(=O)N(CCc2ccccc2)C(CC)C(=O)NC)c(Br)c1. The Bertz CT molecular complexity index is 811. The van der Waals surface area contributed by atoms with Gasteiger partial charge in [-0.25, -0.2) is 0 Å². The number of carbonyl (C=O) groups excluding carboxylic acids is 2. The molecule has 156 valence electrons. The largest absolute Gasteiger partial charge is 0.483 e. The third-order valence-electron chi connectivity index (χ3n) is 4.87. The number of aryl methyl sites for hydroxylation is 1. The quantitative estimate of drug-likeness (QED) is 0.582. The summed E-state index contributed by atoms with van der Waals surface area (Å²) in [6.45, 7) is 4.32. The lowest BCUT2D eigenvalue weighted by atomic mass is 10.1. The first-order valence-corrected chi connectivity index (χ1v) is 10.8. The van der Waals surface area contributed by atoms with E-state index in [0.29, 0.717) is 25.1 Å². The fraction of sp³-hybridized carbons (Fsp3) is 0.391. The lowest BCUT2D eigenvalue weighted by Gasteiger charge is -2.30. The van der Waals surface area contributed by atoms with Crippen molar-refractivity contribution >= 4 is 27.7 Å². The Morgan fingerprint density at radius 1 is 1.10 bits per heavy atom. The van der Waals surface area contributed by atoms with Gasteiger partial charge in [0.2, 0.25) is 5.91 Å². The number of nitrogens with zero attached hydrogens (tertiary/aromatic N) is 1. The van der Waals surface area contributed by atoms with Crippen molar-refractivity contribution in [3.8, 4) is 5.75 Å². The summed E-state index contributed by atoms with van der Waals surface area (Å²) >= 11 is 3.50. The van der Waals surface area contributed by atoms with E-state index < -0.39 is 6.04 Å². The average molecular weight is 461 g/mol. The molecule has 0 aliphatic rings. The fourth-order valence-electron chi connectivity index (χ4n) is 3.17. The Morgan fingerprint density at radius 3 is 2.41 bits per heavy atom. The van der Waals surface area contributed by atoms with Crippen molar-refractivity contribution in [1.29, 1.82) is 0 Å². The number of amides is 2. The third kappa shape index (κ3) is 6.60. The van der Waals surface area contributed by atoms with Crippen molar-refractivity contribution in [2.45, 2.75) is 39.2 Å². The van der Waals surface area contributed by atoms with Gasteiger partial charge in [0.05, 0.1) is 4.47 Å².